The zero-order valence-corrected chi connectivity index (χ0v) is 18.0. The van der Waals surface area contributed by atoms with E-state index in [-0.39, 0.29) is 30.3 Å². The van der Waals surface area contributed by atoms with E-state index in [1.807, 2.05) is 30.3 Å². The highest BCUT2D eigenvalue weighted by Gasteiger charge is 2.25. The van der Waals surface area contributed by atoms with Gasteiger partial charge in [-0.1, -0.05) is 30.3 Å². The molecule has 0 bridgehead atoms. The smallest absolute Gasteiger partial charge is 0.261 e. The van der Waals surface area contributed by atoms with Gasteiger partial charge in [0.25, 0.3) is 5.56 Å². The Hall–Kier alpha value is -3.23. The van der Waals surface area contributed by atoms with Gasteiger partial charge in [-0.2, -0.15) is 0 Å². The number of Topliss-reactive ketones (excluding diaryl/α,β-unsaturated/α-hetero) is 1. The number of ether oxygens (including phenoxy) is 2. The molecular formula is C24H27N3O5. The quantitative estimate of drug-likeness (QED) is 0.556. The fourth-order valence-electron chi connectivity index (χ4n) is 3.93. The van der Waals surface area contributed by atoms with E-state index in [0.29, 0.717) is 35.4 Å². The maximum Gasteiger partial charge on any atom is 0.261 e. The first-order valence-electron chi connectivity index (χ1n) is 10.7. The summed E-state index contributed by atoms with van der Waals surface area (Å²) in [5.74, 6) is 0.773. The first-order valence-corrected chi connectivity index (χ1v) is 10.7. The van der Waals surface area contributed by atoms with E-state index in [0.717, 1.165) is 18.5 Å². The molecule has 0 amide bonds. The molecule has 2 N–H and O–H groups in total. The summed E-state index contributed by atoms with van der Waals surface area (Å²) in [7, 11) is 1.51. The Balaban J connectivity index is 1.52. The maximum absolute atomic E-state index is 13.0. The van der Waals surface area contributed by atoms with Gasteiger partial charge in [0.2, 0.25) is 0 Å². The summed E-state index contributed by atoms with van der Waals surface area (Å²) < 4.78 is 12.6. The SMILES string of the molecule is COc1cc2c(=O)n(CC(=O)C[C@H]3NCCC[C@@H]3O)cnc2cc1OCc1ccccc1. The number of hydrogen-bond acceptors (Lipinski definition) is 7. The van der Waals surface area contributed by atoms with Gasteiger partial charge in [0.15, 0.2) is 17.3 Å². The van der Waals surface area contributed by atoms with Crippen molar-refractivity contribution in [3.05, 3.63) is 64.7 Å². The fraction of sp³-hybridized carbons (Fsp3) is 0.375. The van der Waals surface area contributed by atoms with Gasteiger partial charge in [0.1, 0.15) is 6.61 Å². The van der Waals surface area contributed by atoms with Crippen LogP contribution in [0.25, 0.3) is 10.9 Å². The molecule has 2 aromatic carbocycles. The first-order chi connectivity index (χ1) is 15.5. The summed E-state index contributed by atoms with van der Waals surface area (Å²) >= 11 is 0. The molecule has 0 saturated carbocycles. The largest absolute Gasteiger partial charge is 0.493 e. The number of methoxy groups -OCH3 is 1. The molecule has 0 spiro atoms. The number of fused-ring (bicyclic) bond motifs is 1. The van der Waals surface area contributed by atoms with Crippen molar-refractivity contribution in [1.82, 2.24) is 14.9 Å². The number of carbonyl (C=O) groups excluding carboxylic acids is 1. The fourth-order valence-corrected chi connectivity index (χ4v) is 3.93. The molecule has 2 heterocycles. The van der Waals surface area contributed by atoms with Gasteiger partial charge in [-0.05, 0) is 31.0 Å². The van der Waals surface area contributed by atoms with Gasteiger partial charge < -0.3 is 19.9 Å². The summed E-state index contributed by atoms with van der Waals surface area (Å²) in [6.45, 7) is 1.04. The third kappa shape index (κ3) is 4.98. The van der Waals surface area contributed by atoms with E-state index in [1.165, 1.54) is 18.0 Å². The molecule has 3 aromatic rings. The molecule has 8 nitrogen and oxygen atoms in total. The van der Waals surface area contributed by atoms with Crippen molar-refractivity contribution in [3.8, 4) is 11.5 Å². The number of carbonyl (C=O) groups is 1. The monoisotopic (exact) mass is 437 g/mol. The van der Waals surface area contributed by atoms with E-state index in [9.17, 15) is 14.7 Å². The number of aliphatic hydroxyl groups excluding tert-OH is 1. The highest BCUT2D eigenvalue weighted by Crippen LogP contribution is 2.31. The number of ketones is 1. The second kappa shape index (κ2) is 9.93. The van der Waals surface area contributed by atoms with Crippen LogP contribution in [0.15, 0.2) is 53.6 Å². The molecule has 168 valence electrons. The average molecular weight is 437 g/mol. The lowest BCUT2D eigenvalue weighted by molar-refractivity contribution is -0.121. The van der Waals surface area contributed by atoms with Crippen molar-refractivity contribution >= 4 is 16.7 Å². The van der Waals surface area contributed by atoms with Crippen LogP contribution in [0.4, 0.5) is 0 Å². The molecule has 0 unspecified atom stereocenters. The van der Waals surface area contributed by atoms with Crippen LogP contribution < -0.4 is 20.3 Å². The average Bonchev–Trinajstić information content (AvgIpc) is 2.81. The topological polar surface area (TPSA) is 103 Å². The lowest BCUT2D eigenvalue weighted by Gasteiger charge is -2.28. The molecule has 1 saturated heterocycles. The minimum atomic E-state index is -0.544. The minimum Gasteiger partial charge on any atom is -0.493 e. The number of aromatic nitrogens is 2. The Morgan fingerprint density at radius 1 is 1.25 bits per heavy atom. The highest BCUT2D eigenvalue weighted by atomic mass is 16.5. The molecule has 1 aliphatic heterocycles. The third-order valence-electron chi connectivity index (χ3n) is 5.69. The summed E-state index contributed by atoms with van der Waals surface area (Å²) in [5.41, 5.74) is 1.15. The second-order valence-electron chi connectivity index (χ2n) is 7.99. The van der Waals surface area contributed by atoms with Crippen LogP contribution in [0.1, 0.15) is 24.8 Å². The van der Waals surface area contributed by atoms with Gasteiger partial charge in [-0.15, -0.1) is 0 Å². The van der Waals surface area contributed by atoms with Crippen molar-refractivity contribution in [1.29, 1.82) is 0 Å². The van der Waals surface area contributed by atoms with Crippen LogP contribution in [0, 0.1) is 0 Å². The maximum atomic E-state index is 13.0. The minimum absolute atomic E-state index is 0.0960. The molecule has 1 fully saturated rings. The predicted octanol–water partition coefficient (Wildman–Crippen LogP) is 2.06. The molecule has 0 aliphatic carbocycles. The Bertz CT molecular complexity index is 1150. The van der Waals surface area contributed by atoms with Gasteiger partial charge in [0.05, 0.1) is 37.0 Å². The van der Waals surface area contributed by atoms with Crippen molar-refractivity contribution in [2.24, 2.45) is 0 Å². The second-order valence-corrected chi connectivity index (χ2v) is 7.99. The Kier molecular flexibility index (Phi) is 6.82. The molecule has 2 atom stereocenters. The first kappa shape index (κ1) is 22.0. The summed E-state index contributed by atoms with van der Waals surface area (Å²) in [6, 6.07) is 12.7. The van der Waals surface area contributed by atoms with E-state index in [2.05, 4.69) is 10.3 Å². The Labute approximate surface area is 185 Å². The van der Waals surface area contributed by atoms with Crippen molar-refractivity contribution < 1.29 is 19.4 Å². The van der Waals surface area contributed by atoms with Crippen molar-refractivity contribution in [2.75, 3.05) is 13.7 Å². The normalized spacial score (nSPS) is 18.4. The standard InChI is InChI=1S/C24H27N3O5/c1-31-22-11-18-19(12-23(22)32-14-16-6-3-2-4-7-16)26-15-27(24(18)30)13-17(28)10-20-21(29)8-5-9-25-20/h2-4,6-7,11-12,15,20-21,25,29H,5,8-10,13-14H2,1H3/t20-,21+/m1/s1. The molecule has 8 heteroatoms. The number of aliphatic hydroxyl groups is 1. The van der Waals surface area contributed by atoms with E-state index >= 15 is 0 Å². The van der Waals surface area contributed by atoms with Crippen LogP contribution in [0.3, 0.4) is 0 Å². The number of hydrogen-bond donors (Lipinski definition) is 2. The number of nitrogens with zero attached hydrogens (tertiary/aromatic N) is 2. The molecule has 1 aliphatic rings. The summed E-state index contributed by atoms with van der Waals surface area (Å²) in [5, 5.41) is 13.6. The zero-order chi connectivity index (χ0) is 22.5. The summed E-state index contributed by atoms with van der Waals surface area (Å²) in [4.78, 5) is 29.9. The van der Waals surface area contributed by atoms with Crippen LogP contribution in [-0.2, 0) is 17.9 Å². The number of rotatable bonds is 8. The molecular weight excluding hydrogens is 410 g/mol. The Morgan fingerprint density at radius 2 is 2.06 bits per heavy atom. The molecule has 4 rings (SSSR count). The Morgan fingerprint density at radius 3 is 2.81 bits per heavy atom. The van der Waals surface area contributed by atoms with Crippen molar-refractivity contribution in [3.63, 3.8) is 0 Å². The van der Waals surface area contributed by atoms with Gasteiger partial charge in [-0.3, -0.25) is 14.2 Å². The van der Waals surface area contributed by atoms with Crippen molar-refractivity contribution in [2.45, 2.75) is 44.6 Å². The van der Waals surface area contributed by atoms with Gasteiger partial charge in [0, 0.05) is 18.5 Å². The van der Waals surface area contributed by atoms with Gasteiger partial charge in [-0.25, -0.2) is 4.98 Å². The molecule has 32 heavy (non-hydrogen) atoms. The van der Waals surface area contributed by atoms with Gasteiger partial charge >= 0.3 is 0 Å². The summed E-state index contributed by atoms with van der Waals surface area (Å²) in [6.07, 6.45) is 2.57. The zero-order valence-electron chi connectivity index (χ0n) is 18.0. The van der Waals surface area contributed by atoms with Crippen LogP contribution >= 0.6 is 0 Å². The van der Waals surface area contributed by atoms with Crippen LogP contribution in [-0.4, -0.2) is 46.2 Å². The van der Waals surface area contributed by atoms with E-state index in [1.54, 1.807) is 12.1 Å². The van der Waals surface area contributed by atoms with Crippen LogP contribution in [0.5, 0.6) is 11.5 Å². The van der Waals surface area contributed by atoms with E-state index < -0.39 is 6.10 Å². The molecule has 1 aromatic heterocycles. The molecule has 0 radical (unpaired) electrons. The third-order valence-corrected chi connectivity index (χ3v) is 5.69. The number of benzene rings is 2. The predicted molar refractivity (Wildman–Crippen MR) is 120 cm³/mol. The number of nitrogens with one attached hydrogen (secondary N) is 1. The van der Waals surface area contributed by atoms with E-state index in [4.69, 9.17) is 9.47 Å². The lowest BCUT2D eigenvalue weighted by atomic mass is 9.97. The lowest BCUT2D eigenvalue weighted by Crippen LogP contribution is -2.46. The van der Waals surface area contributed by atoms with Crippen LogP contribution in [0.2, 0.25) is 0 Å². The highest BCUT2D eigenvalue weighted by molar-refractivity contribution is 5.83. The number of piperidine rings is 1.